The van der Waals surface area contributed by atoms with E-state index >= 15 is 0 Å². The van der Waals surface area contributed by atoms with Crippen LogP contribution in [-0.4, -0.2) is 21.4 Å². The van der Waals surface area contributed by atoms with E-state index in [1.807, 2.05) is 0 Å². The van der Waals surface area contributed by atoms with Gasteiger partial charge < -0.3 is 4.74 Å². The molecule has 1 aromatic carbocycles. The molecule has 0 atom stereocenters. The van der Waals surface area contributed by atoms with E-state index in [0.717, 1.165) is 0 Å². The normalized spacial score (nSPS) is 11.1. The zero-order valence-corrected chi connectivity index (χ0v) is 12.3. The molecule has 5 heteroatoms. The number of rotatable bonds is 4. The van der Waals surface area contributed by atoms with Crippen molar-refractivity contribution in [3.8, 4) is 17.2 Å². The predicted octanol–water partition coefficient (Wildman–Crippen LogP) is 4.03. The summed E-state index contributed by atoms with van der Waals surface area (Å²) in [7, 11) is -1.50. The molecule has 0 fully saturated rings. The van der Waals surface area contributed by atoms with Crippen LogP contribution < -0.4 is 4.74 Å². The second kappa shape index (κ2) is 6.67. The lowest BCUT2D eigenvalue weighted by Crippen LogP contribution is -2.16. The van der Waals surface area contributed by atoms with Gasteiger partial charge in [-0.3, -0.25) is 4.39 Å². The molecule has 0 aromatic heterocycles. The highest BCUT2D eigenvalue weighted by Gasteiger charge is 2.11. The number of aryl methyl sites for hydroxylation is 1. The molecule has 0 aliphatic carbocycles. The van der Waals surface area contributed by atoms with Crippen LogP contribution >= 0.6 is 0 Å². The molecule has 0 saturated heterocycles. The molecule has 1 rings (SSSR count). The molecule has 0 aliphatic rings. The average Bonchev–Trinajstić information content (AvgIpc) is 2.28. The van der Waals surface area contributed by atoms with Crippen LogP contribution in [0.4, 0.5) is 13.2 Å². The van der Waals surface area contributed by atoms with Gasteiger partial charge in [-0.05, 0) is 23.8 Å². The van der Waals surface area contributed by atoms with Crippen LogP contribution in [0, 0.1) is 11.5 Å². The SMILES string of the molecule is C[Si](C)(C)C#Cc1ccc(OC(F)F)c(CCF)c1. The lowest BCUT2D eigenvalue weighted by molar-refractivity contribution is -0.0504. The van der Waals surface area contributed by atoms with E-state index in [1.54, 1.807) is 12.1 Å². The lowest BCUT2D eigenvalue weighted by atomic mass is 10.1. The number of benzene rings is 1. The van der Waals surface area contributed by atoms with Crippen molar-refractivity contribution < 1.29 is 17.9 Å². The van der Waals surface area contributed by atoms with Crippen molar-refractivity contribution in [1.29, 1.82) is 0 Å². The molecule has 1 nitrogen and oxygen atoms in total. The van der Waals surface area contributed by atoms with Gasteiger partial charge in [0.05, 0.1) is 6.67 Å². The number of hydrogen-bond acceptors (Lipinski definition) is 1. The van der Waals surface area contributed by atoms with E-state index < -0.39 is 21.4 Å². The topological polar surface area (TPSA) is 9.23 Å². The summed E-state index contributed by atoms with van der Waals surface area (Å²) >= 11 is 0. The van der Waals surface area contributed by atoms with Gasteiger partial charge in [0.2, 0.25) is 0 Å². The van der Waals surface area contributed by atoms with E-state index in [2.05, 4.69) is 35.8 Å². The molecule has 0 bridgehead atoms. The first-order valence-electron chi connectivity index (χ1n) is 5.99. The smallest absolute Gasteiger partial charge is 0.387 e. The van der Waals surface area contributed by atoms with Crippen molar-refractivity contribution in [3.05, 3.63) is 29.3 Å². The zero-order valence-electron chi connectivity index (χ0n) is 11.3. The zero-order chi connectivity index (χ0) is 14.5. The Labute approximate surface area is 112 Å². The van der Waals surface area contributed by atoms with E-state index in [4.69, 9.17) is 0 Å². The molecule has 19 heavy (non-hydrogen) atoms. The molecule has 0 radical (unpaired) electrons. The Bertz CT molecular complexity index is 484. The molecule has 0 N–H and O–H groups in total. The molecule has 0 unspecified atom stereocenters. The fourth-order valence-electron chi connectivity index (χ4n) is 1.42. The Morgan fingerprint density at radius 3 is 2.47 bits per heavy atom. The van der Waals surface area contributed by atoms with Crippen molar-refractivity contribution in [2.45, 2.75) is 32.7 Å². The number of ether oxygens (including phenoxy) is 1. The van der Waals surface area contributed by atoms with Crippen LogP contribution in [0.15, 0.2) is 18.2 Å². The van der Waals surface area contributed by atoms with E-state index in [0.29, 0.717) is 11.1 Å². The van der Waals surface area contributed by atoms with Crippen LogP contribution in [-0.2, 0) is 6.42 Å². The maximum absolute atomic E-state index is 12.4. The monoisotopic (exact) mass is 286 g/mol. The van der Waals surface area contributed by atoms with Crippen molar-refractivity contribution >= 4 is 8.07 Å². The quantitative estimate of drug-likeness (QED) is 0.600. The number of alkyl halides is 3. The molecular formula is C14H17F3OSi. The van der Waals surface area contributed by atoms with Crippen LogP contribution in [0.5, 0.6) is 5.75 Å². The summed E-state index contributed by atoms with van der Waals surface area (Å²) < 4.78 is 41.2. The maximum Gasteiger partial charge on any atom is 0.387 e. The van der Waals surface area contributed by atoms with Gasteiger partial charge in [-0.1, -0.05) is 25.6 Å². The molecule has 1 aromatic rings. The Morgan fingerprint density at radius 2 is 1.95 bits per heavy atom. The fourth-order valence-corrected chi connectivity index (χ4v) is 1.94. The van der Waals surface area contributed by atoms with Gasteiger partial charge >= 0.3 is 6.61 Å². The van der Waals surface area contributed by atoms with E-state index in [1.165, 1.54) is 6.07 Å². The summed E-state index contributed by atoms with van der Waals surface area (Å²) in [5.41, 5.74) is 4.30. The molecule has 0 saturated carbocycles. The highest BCUT2D eigenvalue weighted by molar-refractivity contribution is 6.83. The predicted molar refractivity (Wildman–Crippen MR) is 73.0 cm³/mol. The Morgan fingerprint density at radius 1 is 1.26 bits per heavy atom. The lowest BCUT2D eigenvalue weighted by Gasteiger charge is -2.10. The minimum absolute atomic E-state index is 0.0196. The Hall–Kier alpha value is -1.41. The number of halogens is 3. The summed E-state index contributed by atoms with van der Waals surface area (Å²) in [5.74, 6) is 3.03. The van der Waals surface area contributed by atoms with Crippen LogP contribution in [0.3, 0.4) is 0 Å². The van der Waals surface area contributed by atoms with Crippen molar-refractivity contribution in [2.24, 2.45) is 0 Å². The maximum atomic E-state index is 12.4. The summed E-state index contributed by atoms with van der Waals surface area (Å²) in [5, 5.41) is 0. The third-order valence-corrected chi connectivity index (χ3v) is 3.10. The standard InChI is InChI=1S/C14H17F3OSi/c1-19(2,3)9-7-11-4-5-13(18-14(16)17)12(10-11)6-8-15/h4-5,10,14H,6,8H2,1-3H3. The Balaban J connectivity index is 3.04. The molecule has 104 valence electrons. The fraction of sp³-hybridized carbons (Fsp3) is 0.429. The third kappa shape index (κ3) is 5.84. The average molecular weight is 286 g/mol. The van der Waals surface area contributed by atoms with Crippen molar-refractivity contribution in [3.63, 3.8) is 0 Å². The minimum atomic E-state index is -2.91. The summed E-state index contributed by atoms with van der Waals surface area (Å²) in [4.78, 5) is 0. The van der Waals surface area contributed by atoms with Gasteiger partial charge in [0.25, 0.3) is 0 Å². The first kappa shape index (κ1) is 15.6. The molecule has 0 heterocycles. The molecular weight excluding hydrogens is 269 g/mol. The first-order chi connectivity index (χ1) is 8.81. The van der Waals surface area contributed by atoms with Gasteiger partial charge in [-0.2, -0.15) is 8.78 Å². The summed E-state index contributed by atoms with van der Waals surface area (Å²) in [6.07, 6.45) is 0.0462. The molecule has 0 amide bonds. The first-order valence-corrected chi connectivity index (χ1v) is 9.49. The largest absolute Gasteiger partial charge is 0.435 e. The molecule has 0 spiro atoms. The van der Waals surface area contributed by atoms with Gasteiger partial charge in [0, 0.05) is 12.0 Å². The van der Waals surface area contributed by atoms with E-state index in [9.17, 15) is 13.2 Å². The Kier molecular flexibility index (Phi) is 5.49. The second-order valence-electron chi connectivity index (χ2n) is 5.14. The van der Waals surface area contributed by atoms with E-state index in [-0.39, 0.29) is 12.2 Å². The van der Waals surface area contributed by atoms with Gasteiger partial charge in [-0.25, -0.2) is 0 Å². The van der Waals surface area contributed by atoms with Crippen molar-refractivity contribution in [1.82, 2.24) is 0 Å². The number of hydrogen-bond donors (Lipinski definition) is 0. The van der Waals surface area contributed by atoms with Crippen LogP contribution in [0.25, 0.3) is 0 Å². The minimum Gasteiger partial charge on any atom is -0.435 e. The highest BCUT2D eigenvalue weighted by atomic mass is 28.3. The molecule has 0 aliphatic heterocycles. The third-order valence-electron chi connectivity index (χ3n) is 2.22. The van der Waals surface area contributed by atoms with Gasteiger partial charge in [-0.15, -0.1) is 5.54 Å². The van der Waals surface area contributed by atoms with Gasteiger partial charge in [0.15, 0.2) is 0 Å². The summed E-state index contributed by atoms with van der Waals surface area (Å²) in [6, 6.07) is 4.66. The second-order valence-corrected chi connectivity index (χ2v) is 9.89. The van der Waals surface area contributed by atoms with Crippen molar-refractivity contribution in [2.75, 3.05) is 6.67 Å². The van der Waals surface area contributed by atoms with Crippen LogP contribution in [0.2, 0.25) is 19.6 Å². The summed E-state index contributed by atoms with van der Waals surface area (Å²) in [6.45, 7) is 2.80. The van der Waals surface area contributed by atoms with Crippen LogP contribution in [0.1, 0.15) is 11.1 Å². The van der Waals surface area contributed by atoms with Gasteiger partial charge in [0.1, 0.15) is 13.8 Å². The highest BCUT2D eigenvalue weighted by Crippen LogP contribution is 2.22.